The van der Waals surface area contributed by atoms with Crippen LogP contribution in [-0.4, -0.2) is 45.0 Å². The molecule has 2 N–H and O–H groups in total. The number of amides is 2. The van der Waals surface area contributed by atoms with Gasteiger partial charge in [-0.3, -0.25) is 5.32 Å². The number of aromatic nitrogens is 2. The fraction of sp³-hybridized carbons (Fsp3) is 0.333. The molecule has 128 valence electrons. The number of carbonyl (C=O) groups is 1. The Bertz CT molecular complexity index is 744. The summed E-state index contributed by atoms with van der Waals surface area (Å²) in [6.45, 7) is 0.696. The van der Waals surface area contributed by atoms with E-state index in [4.69, 9.17) is 0 Å². The van der Waals surface area contributed by atoms with Crippen LogP contribution in [0, 0.1) is 0 Å². The topological polar surface area (TPSA) is 70.4 Å². The second-order valence-electron chi connectivity index (χ2n) is 5.51. The molecule has 0 saturated carbocycles. The highest BCUT2D eigenvalue weighted by Crippen LogP contribution is 2.30. The number of alkyl halides is 3. The number of likely N-dealkylation sites (tertiary alicyclic amines) is 1. The SMILES string of the molecule is O=C(Nc1ccn(-c2cccc(C(F)(F)F)c2)n1)N1CC[C@@H](O)C1. The van der Waals surface area contributed by atoms with Crippen molar-refractivity contribution in [3.05, 3.63) is 42.1 Å². The molecule has 0 radical (unpaired) electrons. The summed E-state index contributed by atoms with van der Waals surface area (Å²) in [6, 6.07) is 5.84. The van der Waals surface area contributed by atoms with Crippen LogP contribution >= 0.6 is 0 Å². The van der Waals surface area contributed by atoms with Gasteiger partial charge in [-0.25, -0.2) is 9.48 Å². The molecular formula is C15H15F3N4O2. The average molecular weight is 340 g/mol. The van der Waals surface area contributed by atoms with Crippen molar-refractivity contribution in [1.82, 2.24) is 14.7 Å². The summed E-state index contributed by atoms with van der Waals surface area (Å²) in [6.07, 6.45) is -2.98. The van der Waals surface area contributed by atoms with Crippen LogP contribution in [0.1, 0.15) is 12.0 Å². The zero-order valence-corrected chi connectivity index (χ0v) is 12.5. The van der Waals surface area contributed by atoms with Crippen LogP contribution in [0.15, 0.2) is 36.5 Å². The first-order valence-corrected chi connectivity index (χ1v) is 7.30. The van der Waals surface area contributed by atoms with Gasteiger partial charge in [-0.1, -0.05) is 6.07 Å². The van der Waals surface area contributed by atoms with Crippen LogP contribution in [0.3, 0.4) is 0 Å². The van der Waals surface area contributed by atoms with Crippen molar-refractivity contribution in [2.75, 3.05) is 18.4 Å². The van der Waals surface area contributed by atoms with Crippen LogP contribution in [0.4, 0.5) is 23.8 Å². The van der Waals surface area contributed by atoms with Gasteiger partial charge in [0.15, 0.2) is 5.82 Å². The van der Waals surface area contributed by atoms with Crippen molar-refractivity contribution in [1.29, 1.82) is 0 Å². The molecule has 2 aromatic rings. The summed E-state index contributed by atoms with van der Waals surface area (Å²) >= 11 is 0. The third kappa shape index (κ3) is 3.51. The summed E-state index contributed by atoms with van der Waals surface area (Å²) in [4.78, 5) is 13.4. The van der Waals surface area contributed by atoms with Gasteiger partial charge in [0.25, 0.3) is 0 Å². The monoisotopic (exact) mass is 340 g/mol. The van der Waals surface area contributed by atoms with E-state index in [1.807, 2.05) is 0 Å². The maximum absolute atomic E-state index is 12.8. The van der Waals surface area contributed by atoms with E-state index < -0.39 is 23.9 Å². The molecule has 1 aliphatic heterocycles. The Morgan fingerprint density at radius 3 is 2.79 bits per heavy atom. The number of urea groups is 1. The fourth-order valence-electron chi connectivity index (χ4n) is 2.47. The van der Waals surface area contributed by atoms with E-state index >= 15 is 0 Å². The Labute approximate surface area is 135 Å². The minimum Gasteiger partial charge on any atom is -0.391 e. The first-order valence-electron chi connectivity index (χ1n) is 7.30. The lowest BCUT2D eigenvalue weighted by molar-refractivity contribution is -0.137. The maximum Gasteiger partial charge on any atom is 0.416 e. The first-order chi connectivity index (χ1) is 11.3. The molecule has 0 bridgehead atoms. The number of hydrogen-bond acceptors (Lipinski definition) is 3. The van der Waals surface area contributed by atoms with Gasteiger partial charge in [0.05, 0.1) is 17.4 Å². The molecule has 2 amide bonds. The summed E-state index contributed by atoms with van der Waals surface area (Å²) in [5.74, 6) is 0.221. The number of β-amino-alcohol motifs (C(OH)–C–C–N with tert-alkyl or cyclic N) is 1. The maximum atomic E-state index is 12.8. The number of rotatable bonds is 2. The van der Waals surface area contributed by atoms with Crippen molar-refractivity contribution in [2.24, 2.45) is 0 Å². The number of halogens is 3. The number of anilines is 1. The Morgan fingerprint density at radius 1 is 1.33 bits per heavy atom. The Morgan fingerprint density at radius 2 is 2.12 bits per heavy atom. The fourth-order valence-corrected chi connectivity index (χ4v) is 2.47. The Kier molecular flexibility index (Phi) is 4.18. The zero-order valence-electron chi connectivity index (χ0n) is 12.5. The molecule has 2 heterocycles. The zero-order chi connectivity index (χ0) is 17.3. The predicted octanol–water partition coefficient (Wildman–Crippen LogP) is 2.49. The number of aliphatic hydroxyl groups is 1. The average Bonchev–Trinajstić information content (AvgIpc) is 3.16. The number of nitrogens with one attached hydrogen (secondary N) is 1. The van der Waals surface area contributed by atoms with Gasteiger partial charge in [0, 0.05) is 25.4 Å². The second kappa shape index (κ2) is 6.16. The largest absolute Gasteiger partial charge is 0.416 e. The Hall–Kier alpha value is -2.55. The van der Waals surface area contributed by atoms with Gasteiger partial charge >= 0.3 is 12.2 Å². The van der Waals surface area contributed by atoms with E-state index in [9.17, 15) is 23.1 Å². The van der Waals surface area contributed by atoms with Gasteiger partial charge in [0.2, 0.25) is 0 Å². The first kappa shape index (κ1) is 16.3. The van der Waals surface area contributed by atoms with Crippen molar-refractivity contribution >= 4 is 11.8 Å². The molecule has 1 aromatic carbocycles. The number of hydrogen-bond donors (Lipinski definition) is 2. The number of nitrogens with zero attached hydrogens (tertiary/aromatic N) is 3. The van der Waals surface area contributed by atoms with Gasteiger partial charge in [-0.2, -0.15) is 13.2 Å². The van der Waals surface area contributed by atoms with E-state index in [0.717, 1.165) is 12.1 Å². The summed E-state index contributed by atoms with van der Waals surface area (Å²) in [7, 11) is 0. The minimum absolute atomic E-state index is 0.221. The number of benzene rings is 1. The van der Waals surface area contributed by atoms with Crippen molar-refractivity contribution in [3.8, 4) is 5.69 Å². The van der Waals surface area contributed by atoms with E-state index in [1.54, 1.807) is 0 Å². The van der Waals surface area contributed by atoms with Crippen molar-refractivity contribution in [2.45, 2.75) is 18.7 Å². The van der Waals surface area contributed by atoms with Crippen LogP contribution in [-0.2, 0) is 6.18 Å². The van der Waals surface area contributed by atoms with Crippen LogP contribution in [0.25, 0.3) is 5.69 Å². The molecule has 1 fully saturated rings. The second-order valence-corrected chi connectivity index (χ2v) is 5.51. The van der Waals surface area contributed by atoms with Crippen molar-refractivity contribution < 1.29 is 23.1 Å². The van der Waals surface area contributed by atoms with Crippen LogP contribution < -0.4 is 5.32 Å². The molecule has 0 aliphatic carbocycles. The van der Waals surface area contributed by atoms with Gasteiger partial charge in [-0.05, 0) is 24.6 Å². The van der Waals surface area contributed by atoms with Gasteiger partial charge in [-0.15, -0.1) is 5.10 Å². The molecule has 1 aromatic heterocycles. The lowest BCUT2D eigenvalue weighted by Crippen LogP contribution is -2.33. The standard InChI is InChI=1S/C15H15F3N4O2/c16-15(17,18)10-2-1-3-11(8-10)22-7-5-13(20-22)19-14(24)21-6-4-12(23)9-21/h1-3,5,7-8,12,23H,4,6,9H2,(H,19,20,24)/t12-/m1/s1. The predicted molar refractivity (Wildman–Crippen MR) is 79.8 cm³/mol. The van der Waals surface area contributed by atoms with E-state index in [0.29, 0.717) is 13.0 Å². The lowest BCUT2D eigenvalue weighted by atomic mass is 10.2. The van der Waals surface area contributed by atoms with Crippen LogP contribution in [0.5, 0.6) is 0 Å². The minimum atomic E-state index is -4.43. The van der Waals surface area contributed by atoms with Crippen LogP contribution in [0.2, 0.25) is 0 Å². The summed E-state index contributed by atoms with van der Waals surface area (Å²) in [5, 5.41) is 16.0. The third-order valence-electron chi connectivity index (χ3n) is 3.71. The highest BCUT2D eigenvalue weighted by Gasteiger charge is 2.30. The van der Waals surface area contributed by atoms with E-state index in [2.05, 4.69) is 10.4 Å². The van der Waals surface area contributed by atoms with E-state index in [-0.39, 0.29) is 18.1 Å². The normalized spacial score (nSPS) is 18.0. The summed E-state index contributed by atoms with van der Waals surface area (Å²) in [5.41, 5.74) is -0.533. The number of carbonyl (C=O) groups excluding carboxylic acids is 1. The van der Waals surface area contributed by atoms with Gasteiger partial charge in [0.1, 0.15) is 0 Å². The molecule has 24 heavy (non-hydrogen) atoms. The highest BCUT2D eigenvalue weighted by atomic mass is 19.4. The molecule has 9 heteroatoms. The third-order valence-corrected chi connectivity index (χ3v) is 3.71. The molecule has 1 saturated heterocycles. The molecule has 6 nitrogen and oxygen atoms in total. The van der Waals surface area contributed by atoms with Crippen molar-refractivity contribution in [3.63, 3.8) is 0 Å². The molecule has 3 rings (SSSR count). The molecule has 0 unspecified atom stereocenters. The van der Waals surface area contributed by atoms with Gasteiger partial charge < -0.3 is 10.0 Å². The highest BCUT2D eigenvalue weighted by molar-refractivity contribution is 5.88. The molecule has 0 spiro atoms. The quantitative estimate of drug-likeness (QED) is 0.882. The smallest absolute Gasteiger partial charge is 0.391 e. The van der Waals surface area contributed by atoms with E-state index in [1.165, 1.54) is 34.0 Å². The molecule has 1 atom stereocenters. The Balaban J connectivity index is 1.73. The summed E-state index contributed by atoms with van der Waals surface area (Å²) < 4.78 is 39.5. The number of aliphatic hydroxyl groups excluding tert-OH is 1. The lowest BCUT2D eigenvalue weighted by Gasteiger charge is -2.15. The molecule has 1 aliphatic rings. The molecular weight excluding hydrogens is 325 g/mol.